The van der Waals surface area contributed by atoms with Gasteiger partial charge >= 0.3 is 0 Å². The maximum absolute atomic E-state index is 6.02. The van der Waals surface area contributed by atoms with Gasteiger partial charge in [-0.05, 0) is 25.1 Å². The van der Waals surface area contributed by atoms with E-state index in [1.165, 1.54) is 0 Å². The van der Waals surface area contributed by atoms with Crippen molar-refractivity contribution in [3.63, 3.8) is 0 Å². The Morgan fingerprint density at radius 3 is 3.00 bits per heavy atom. The number of ether oxygens (including phenoxy) is 2. The molecule has 3 nitrogen and oxygen atoms in total. The number of hydrogen-bond donors (Lipinski definition) is 1. The molecule has 0 aromatic heterocycles. The number of benzene rings is 1. The first-order valence-electron chi connectivity index (χ1n) is 4.81. The van der Waals surface area contributed by atoms with E-state index in [1.54, 1.807) is 7.11 Å². The second kappa shape index (κ2) is 3.50. The zero-order chi connectivity index (χ0) is 10.1. The highest BCUT2D eigenvalue weighted by atomic mass is 16.5. The third-order valence-corrected chi connectivity index (χ3v) is 2.53. The summed E-state index contributed by atoms with van der Waals surface area (Å²) in [7, 11) is 1.65. The lowest BCUT2D eigenvalue weighted by molar-refractivity contribution is 0.176. The molecule has 1 heterocycles. The van der Waals surface area contributed by atoms with Crippen LogP contribution in [-0.2, 0) is 0 Å². The Labute approximate surface area is 83.8 Å². The highest BCUT2D eigenvalue weighted by Crippen LogP contribution is 2.35. The molecule has 0 saturated carbocycles. The van der Waals surface area contributed by atoms with Crippen LogP contribution in [0.25, 0.3) is 0 Å². The molecule has 3 heteroatoms. The molecule has 0 aliphatic carbocycles. The lowest BCUT2D eigenvalue weighted by Gasteiger charge is -2.28. The Morgan fingerprint density at radius 1 is 1.50 bits per heavy atom. The topological polar surface area (TPSA) is 44.5 Å². The molecular weight excluding hydrogens is 178 g/mol. The van der Waals surface area contributed by atoms with Crippen LogP contribution in [0.3, 0.4) is 0 Å². The second-order valence-corrected chi connectivity index (χ2v) is 3.67. The molecule has 1 aliphatic rings. The fraction of sp³-hybridized carbons (Fsp3) is 0.455. The van der Waals surface area contributed by atoms with E-state index in [0.29, 0.717) is 0 Å². The summed E-state index contributed by atoms with van der Waals surface area (Å²) >= 11 is 0. The Kier molecular flexibility index (Phi) is 2.33. The van der Waals surface area contributed by atoms with Gasteiger partial charge in [-0.3, -0.25) is 0 Å². The van der Waals surface area contributed by atoms with Crippen LogP contribution in [0.15, 0.2) is 18.2 Å². The average Bonchev–Trinajstić information content (AvgIpc) is 2.17. The van der Waals surface area contributed by atoms with Crippen molar-refractivity contribution in [3.8, 4) is 11.5 Å². The zero-order valence-corrected chi connectivity index (χ0v) is 8.49. The molecule has 2 atom stereocenters. The highest BCUT2D eigenvalue weighted by Gasteiger charge is 2.23. The summed E-state index contributed by atoms with van der Waals surface area (Å²) in [6.45, 7) is 2.03. The van der Waals surface area contributed by atoms with Crippen LogP contribution in [-0.4, -0.2) is 13.2 Å². The number of hydrogen-bond acceptors (Lipinski definition) is 3. The summed E-state index contributed by atoms with van der Waals surface area (Å²) in [5, 5.41) is 0. The molecule has 0 spiro atoms. The van der Waals surface area contributed by atoms with Crippen LogP contribution in [0.2, 0.25) is 0 Å². The van der Waals surface area contributed by atoms with Gasteiger partial charge in [0.05, 0.1) is 13.2 Å². The van der Waals surface area contributed by atoms with Crippen molar-refractivity contribution < 1.29 is 9.47 Å². The van der Waals surface area contributed by atoms with E-state index in [-0.39, 0.29) is 12.1 Å². The van der Waals surface area contributed by atoms with E-state index in [4.69, 9.17) is 15.2 Å². The van der Waals surface area contributed by atoms with E-state index < -0.39 is 0 Å². The molecule has 1 aliphatic heterocycles. The fourth-order valence-corrected chi connectivity index (χ4v) is 1.80. The third kappa shape index (κ3) is 1.55. The van der Waals surface area contributed by atoms with Crippen molar-refractivity contribution in [2.75, 3.05) is 7.11 Å². The van der Waals surface area contributed by atoms with Crippen LogP contribution in [0, 0.1) is 0 Å². The molecule has 2 rings (SSSR count). The number of methoxy groups -OCH3 is 1. The quantitative estimate of drug-likeness (QED) is 0.740. The predicted octanol–water partition coefficient (Wildman–Crippen LogP) is 1.87. The number of nitrogens with two attached hydrogens (primary N) is 1. The minimum atomic E-state index is 0.0591. The predicted molar refractivity (Wildman–Crippen MR) is 54.6 cm³/mol. The summed E-state index contributed by atoms with van der Waals surface area (Å²) in [6, 6.07) is 5.82. The van der Waals surface area contributed by atoms with Crippen molar-refractivity contribution >= 4 is 0 Å². The molecular formula is C11H15NO2. The molecule has 0 radical (unpaired) electrons. The zero-order valence-electron chi connectivity index (χ0n) is 8.49. The summed E-state index contributed by atoms with van der Waals surface area (Å²) in [5.74, 6) is 1.72. The summed E-state index contributed by atoms with van der Waals surface area (Å²) in [5.41, 5.74) is 7.07. The normalized spacial score (nSPS) is 25.1. The van der Waals surface area contributed by atoms with Gasteiger partial charge in [0.15, 0.2) is 0 Å². The molecule has 0 fully saturated rings. The van der Waals surface area contributed by atoms with Gasteiger partial charge in [0.25, 0.3) is 0 Å². The van der Waals surface area contributed by atoms with Crippen LogP contribution in [0.1, 0.15) is 24.9 Å². The minimum absolute atomic E-state index is 0.0591. The second-order valence-electron chi connectivity index (χ2n) is 3.67. The molecule has 1 aromatic rings. The fourth-order valence-electron chi connectivity index (χ4n) is 1.80. The lowest BCUT2D eigenvalue weighted by Crippen LogP contribution is -2.27. The maximum Gasteiger partial charge on any atom is 0.124 e. The van der Waals surface area contributed by atoms with Crippen LogP contribution in [0.4, 0.5) is 0 Å². The Morgan fingerprint density at radius 2 is 2.29 bits per heavy atom. The van der Waals surface area contributed by atoms with Crippen molar-refractivity contribution in [2.45, 2.75) is 25.5 Å². The van der Waals surface area contributed by atoms with Gasteiger partial charge in [0.1, 0.15) is 11.5 Å². The number of fused-ring (bicyclic) bond motifs is 1. The van der Waals surface area contributed by atoms with E-state index in [9.17, 15) is 0 Å². The van der Waals surface area contributed by atoms with Gasteiger partial charge in [-0.1, -0.05) is 0 Å². The van der Waals surface area contributed by atoms with Gasteiger partial charge in [-0.15, -0.1) is 0 Å². The first-order chi connectivity index (χ1) is 6.70. The van der Waals surface area contributed by atoms with Crippen molar-refractivity contribution in [3.05, 3.63) is 23.8 Å². The molecule has 0 amide bonds. The summed E-state index contributed by atoms with van der Waals surface area (Å²) < 4.78 is 10.8. The van der Waals surface area contributed by atoms with E-state index in [0.717, 1.165) is 23.5 Å². The smallest absolute Gasteiger partial charge is 0.124 e. The molecule has 0 bridgehead atoms. The maximum atomic E-state index is 6.02. The SMILES string of the molecule is COc1ccc2c(c1)C(N)CC(C)O2. The molecule has 2 unspecified atom stereocenters. The van der Waals surface area contributed by atoms with E-state index >= 15 is 0 Å². The Bertz CT molecular complexity index is 338. The highest BCUT2D eigenvalue weighted by molar-refractivity contribution is 5.43. The molecule has 14 heavy (non-hydrogen) atoms. The molecule has 1 aromatic carbocycles. The largest absolute Gasteiger partial charge is 0.497 e. The van der Waals surface area contributed by atoms with Crippen LogP contribution in [0.5, 0.6) is 11.5 Å². The van der Waals surface area contributed by atoms with Gasteiger partial charge in [0.2, 0.25) is 0 Å². The molecule has 0 saturated heterocycles. The standard InChI is InChI=1S/C11H15NO2/c1-7-5-10(12)9-6-8(13-2)3-4-11(9)14-7/h3-4,6-7,10H,5,12H2,1-2H3. The van der Waals surface area contributed by atoms with Crippen molar-refractivity contribution in [2.24, 2.45) is 5.73 Å². The number of rotatable bonds is 1. The van der Waals surface area contributed by atoms with E-state index in [1.807, 2.05) is 25.1 Å². The average molecular weight is 193 g/mol. The van der Waals surface area contributed by atoms with E-state index in [2.05, 4.69) is 0 Å². The monoisotopic (exact) mass is 193 g/mol. The van der Waals surface area contributed by atoms with Crippen LogP contribution < -0.4 is 15.2 Å². The third-order valence-electron chi connectivity index (χ3n) is 2.53. The Balaban J connectivity index is 2.39. The van der Waals surface area contributed by atoms with Gasteiger partial charge < -0.3 is 15.2 Å². The molecule has 2 N–H and O–H groups in total. The summed E-state index contributed by atoms with van der Waals surface area (Å²) in [6.07, 6.45) is 1.06. The van der Waals surface area contributed by atoms with Crippen molar-refractivity contribution in [1.82, 2.24) is 0 Å². The first-order valence-corrected chi connectivity index (χ1v) is 4.81. The first kappa shape index (κ1) is 9.34. The lowest BCUT2D eigenvalue weighted by atomic mass is 9.98. The molecule has 76 valence electrons. The Hall–Kier alpha value is -1.22. The van der Waals surface area contributed by atoms with Gasteiger partial charge in [-0.2, -0.15) is 0 Å². The minimum Gasteiger partial charge on any atom is -0.497 e. The van der Waals surface area contributed by atoms with Gasteiger partial charge in [-0.25, -0.2) is 0 Å². The van der Waals surface area contributed by atoms with Crippen molar-refractivity contribution in [1.29, 1.82) is 0 Å². The summed E-state index contributed by atoms with van der Waals surface area (Å²) in [4.78, 5) is 0. The van der Waals surface area contributed by atoms with Gasteiger partial charge in [0, 0.05) is 18.0 Å². The van der Waals surface area contributed by atoms with Crippen LogP contribution >= 0.6 is 0 Å².